The Kier molecular flexibility index (Phi) is 3.73. The zero-order valence-corrected chi connectivity index (χ0v) is 12.1. The number of carbonyl (C=O) groups is 1. The van der Waals surface area contributed by atoms with Gasteiger partial charge in [-0.15, -0.1) is 0 Å². The molecule has 0 saturated heterocycles. The molecule has 0 aliphatic heterocycles. The average Bonchev–Trinajstić information content (AvgIpc) is 2.29. The topological polar surface area (TPSA) is 52.1 Å². The Bertz CT molecular complexity index is 587. The molecule has 0 fully saturated rings. The van der Waals surface area contributed by atoms with Crippen LogP contribution in [0.25, 0.3) is 11.0 Å². The fourth-order valence-electron chi connectivity index (χ4n) is 1.37. The summed E-state index contributed by atoms with van der Waals surface area (Å²) in [5.74, 6) is -0.404. The number of esters is 1. The van der Waals surface area contributed by atoms with Gasteiger partial charge >= 0.3 is 5.97 Å². The molecule has 0 aromatic carbocycles. The molecule has 0 atom stereocenters. The second-order valence-corrected chi connectivity index (χ2v) is 4.94. The van der Waals surface area contributed by atoms with Gasteiger partial charge in [0.2, 0.25) is 0 Å². The molecule has 2 aromatic heterocycles. The van der Waals surface area contributed by atoms with Gasteiger partial charge in [0.1, 0.15) is 5.52 Å². The molecule has 88 valence electrons. The number of hydrogen-bond donors (Lipinski definition) is 0. The van der Waals surface area contributed by atoms with E-state index >= 15 is 0 Å². The third-order valence-electron chi connectivity index (χ3n) is 2.11. The number of carbonyl (C=O) groups excluding carboxylic acids is 1. The van der Waals surface area contributed by atoms with E-state index in [1.165, 1.54) is 6.20 Å². The molecule has 0 amide bonds. The van der Waals surface area contributed by atoms with Gasteiger partial charge in [0, 0.05) is 16.9 Å². The van der Waals surface area contributed by atoms with Crippen molar-refractivity contribution in [1.82, 2.24) is 9.97 Å². The molecule has 17 heavy (non-hydrogen) atoms. The van der Waals surface area contributed by atoms with Gasteiger partial charge in [-0.1, -0.05) is 0 Å². The Balaban J connectivity index is 2.58. The first-order chi connectivity index (χ1) is 8.13. The molecule has 2 aromatic rings. The molecular weight excluding hydrogens is 352 g/mol. The maximum atomic E-state index is 11.6. The van der Waals surface area contributed by atoms with Gasteiger partial charge in [-0.3, -0.25) is 9.97 Å². The van der Waals surface area contributed by atoms with Crippen LogP contribution in [0.1, 0.15) is 17.3 Å². The molecule has 0 unspecified atom stereocenters. The summed E-state index contributed by atoms with van der Waals surface area (Å²) in [4.78, 5) is 20.0. The lowest BCUT2D eigenvalue weighted by atomic mass is 10.2. The van der Waals surface area contributed by atoms with E-state index in [0.29, 0.717) is 27.7 Å². The summed E-state index contributed by atoms with van der Waals surface area (Å²) in [5.41, 5.74) is 1.73. The number of rotatable bonds is 2. The molecule has 0 spiro atoms. The number of aromatic nitrogens is 2. The highest BCUT2D eigenvalue weighted by molar-refractivity contribution is 9.11. The summed E-state index contributed by atoms with van der Waals surface area (Å²) >= 11 is 6.68. The van der Waals surface area contributed by atoms with Gasteiger partial charge in [-0.05, 0) is 44.8 Å². The van der Waals surface area contributed by atoms with E-state index < -0.39 is 5.97 Å². The van der Waals surface area contributed by atoms with Crippen molar-refractivity contribution in [3.05, 3.63) is 33.0 Å². The minimum Gasteiger partial charge on any atom is -0.462 e. The Morgan fingerprint density at radius 2 is 2.12 bits per heavy atom. The minimum absolute atomic E-state index is 0.330. The van der Waals surface area contributed by atoms with Gasteiger partial charge in [0.15, 0.2) is 0 Å². The second kappa shape index (κ2) is 5.10. The van der Waals surface area contributed by atoms with E-state index in [2.05, 4.69) is 41.8 Å². The van der Waals surface area contributed by atoms with Crippen LogP contribution in [-0.4, -0.2) is 22.5 Å². The Labute approximate surface area is 115 Å². The first-order valence-corrected chi connectivity index (χ1v) is 6.49. The zero-order valence-electron chi connectivity index (χ0n) is 8.91. The molecule has 2 heterocycles. The van der Waals surface area contributed by atoms with Crippen molar-refractivity contribution in [2.45, 2.75) is 6.92 Å². The normalized spacial score (nSPS) is 10.5. The number of hydrogen-bond acceptors (Lipinski definition) is 4. The standard InChI is InChI=1S/C11H8Br2N2O2/c1-2-17-11(16)7-5-14-8-3-6(12)4-15-10(8)9(7)13/h3-5H,2H2,1H3. The monoisotopic (exact) mass is 358 g/mol. The average molecular weight is 360 g/mol. The van der Waals surface area contributed by atoms with Gasteiger partial charge in [-0.25, -0.2) is 4.79 Å². The maximum Gasteiger partial charge on any atom is 0.340 e. The van der Waals surface area contributed by atoms with Crippen LogP contribution >= 0.6 is 31.9 Å². The highest BCUT2D eigenvalue weighted by atomic mass is 79.9. The highest BCUT2D eigenvalue weighted by Gasteiger charge is 2.15. The van der Waals surface area contributed by atoms with Crippen molar-refractivity contribution < 1.29 is 9.53 Å². The van der Waals surface area contributed by atoms with E-state index in [0.717, 1.165) is 4.47 Å². The molecule has 0 aliphatic carbocycles. The quantitative estimate of drug-likeness (QED) is 0.772. The first kappa shape index (κ1) is 12.4. The smallest absolute Gasteiger partial charge is 0.340 e. The highest BCUT2D eigenvalue weighted by Crippen LogP contribution is 2.26. The van der Waals surface area contributed by atoms with E-state index in [1.54, 1.807) is 13.1 Å². The van der Waals surface area contributed by atoms with Crippen molar-refractivity contribution >= 4 is 48.9 Å². The van der Waals surface area contributed by atoms with E-state index in [4.69, 9.17) is 4.74 Å². The molecule has 0 saturated carbocycles. The molecule has 4 nitrogen and oxygen atoms in total. The summed E-state index contributed by atoms with van der Waals surface area (Å²) in [6, 6.07) is 1.84. The summed E-state index contributed by atoms with van der Waals surface area (Å²) in [7, 11) is 0. The first-order valence-electron chi connectivity index (χ1n) is 4.90. The van der Waals surface area contributed by atoms with Crippen molar-refractivity contribution in [2.75, 3.05) is 6.61 Å². The number of nitrogens with zero attached hydrogens (tertiary/aromatic N) is 2. The number of ether oxygens (including phenoxy) is 1. The molecule has 0 N–H and O–H groups in total. The van der Waals surface area contributed by atoms with E-state index in [1.807, 2.05) is 6.07 Å². The van der Waals surface area contributed by atoms with Crippen molar-refractivity contribution in [3.8, 4) is 0 Å². The van der Waals surface area contributed by atoms with Crippen LogP contribution in [0.4, 0.5) is 0 Å². The number of pyridine rings is 2. The lowest BCUT2D eigenvalue weighted by molar-refractivity contribution is 0.0525. The van der Waals surface area contributed by atoms with Crippen LogP contribution in [0.15, 0.2) is 27.4 Å². The van der Waals surface area contributed by atoms with Crippen molar-refractivity contribution in [3.63, 3.8) is 0 Å². The predicted octanol–water partition coefficient (Wildman–Crippen LogP) is 3.33. The SMILES string of the molecule is CCOC(=O)c1cnc2cc(Br)cnc2c1Br. The van der Waals surface area contributed by atoms with Gasteiger partial charge < -0.3 is 4.74 Å². The summed E-state index contributed by atoms with van der Waals surface area (Å²) in [6.45, 7) is 2.09. The fraction of sp³-hybridized carbons (Fsp3) is 0.182. The molecule has 0 bridgehead atoms. The lowest BCUT2D eigenvalue weighted by Crippen LogP contribution is -2.06. The van der Waals surface area contributed by atoms with Crippen molar-refractivity contribution in [2.24, 2.45) is 0 Å². The Morgan fingerprint density at radius 3 is 2.82 bits per heavy atom. The third kappa shape index (κ3) is 2.47. The van der Waals surface area contributed by atoms with Crippen LogP contribution < -0.4 is 0 Å². The van der Waals surface area contributed by atoms with E-state index in [9.17, 15) is 4.79 Å². The lowest BCUT2D eigenvalue weighted by Gasteiger charge is -2.06. The zero-order chi connectivity index (χ0) is 12.4. The Morgan fingerprint density at radius 1 is 1.35 bits per heavy atom. The summed E-state index contributed by atoms with van der Waals surface area (Å²) in [6.07, 6.45) is 3.14. The Hall–Kier alpha value is -1.01. The summed E-state index contributed by atoms with van der Waals surface area (Å²) in [5, 5.41) is 0. The predicted molar refractivity (Wildman–Crippen MR) is 70.9 cm³/mol. The van der Waals surface area contributed by atoms with Crippen LogP contribution in [0, 0.1) is 0 Å². The fourth-order valence-corrected chi connectivity index (χ4v) is 2.25. The maximum absolute atomic E-state index is 11.6. The number of fused-ring (bicyclic) bond motifs is 1. The third-order valence-corrected chi connectivity index (χ3v) is 3.34. The van der Waals surface area contributed by atoms with Crippen LogP contribution in [0.5, 0.6) is 0 Å². The molecule has 2 rings (SSSR count). The largest absolute Gasteiger partial charge is 0.462 e. The van der Waals surface area contributed by atoms with E-state index in [-0.39, 0.29) is 0 Å². The van der Waals surface area contributed by atoms with Gasteiger partial charge in [0.05, 0.1) is 22.2 Å². The van der Waals surface area contributed by atoms with Crippen LogP contribution in [0.3, 0.4) is 0 Å². The van der Waals surface area contributed by atoms with Crippen molar-refractivity contribution in [1.29, 1.82) is 0 Å². The molecular formula is C11H8Br2N2O2. The van der Waals surface area contributed by atoms with Crippen LogP contribution in [0.2, 0.25) is 0 Å². The van der Waals surface area contributed by atoms with Crippen LogP contribution in [-0.2, 0) is 4.74 Å². The molecule has 0 aliphatic rings. The van der Waals surface area contributed by atoms with Gasteiger partial charge in [0.25, 0.3) is 0 Å². The number of halogens is 2. The van der Waals surface area contributed by atoms with Gasteiger partial charge in [-0.2, -0.15) is 0 Å². The molecule has 0 radical (unpaired) electrons. The second-order valence-electron chi connectivity index (χ2n) is 3.23. The minimum atomic E-state index is -0.404. The molecule has 6 heteroatoms. The summed E-state index contributed by atoms with van der Waals surface area (Å²) < 4.78 is 6.38.